The Labute approximate surface area is 167 Å². The van der Waals surface area contributed by atoms with E-state index in [0.717, 1.165) is 31.2 Å². The van der Waals surface area contributed by atoms with E-state index < -0.39 is 10.1 Å². The highest BCUT2D eigenvalue weighted by Gasteiger charge is 2.26. The SMILES string of the molecule is Cc1ccc(S(=O)(=O)OCCC2C3=C(CC=CC3)CCc3ccccc32)cc1. The fourth-order valence-electron chi connectivity index (χ4n) is 4.32. The lowest BCUT2D eigenvalue weighted by Crippen LogP contribution is -2.13. The molecular formula is C24H26O3S. The van der Waals surface area contributed by atoms with Crippen LogP contribution in [0.3, 0.4) is 0 Å². The van der Waals surface area contributed by atoms with Crippen LogP contribution in [0.4, 0.5) is 0 Å². The van der Waals surface area contributed by atoms with Crippen molar-refractivity contribution in [3.05, 3.63) is 88.5 Å². The van der Waals surface area contributed by atoms with Gasteiger partial charge in [-0.25, -0.2) is 0 Å². The predicted octanol–water partition coefficient (Wildman–Crippen LogP) is 5.47. The minimum absolute atomic E-state index is 0.190. The average molecular weight is 395 g/mol. The summed E-state index contributed by atoms with van der Waals surface area (Å²) in [5.74, 6) is 0.229. The Morgan fingerprint density at radius 3 is 2.54 bits per heavy atom. The molecule has 3 nitrogen and oxygen atoms in total. The first-order valence-corrected chi connectivity index (χ1v) is 11.3. The quantitative estimate of drug-likeness (QED) is 0.499. The minimum Gasteiger partial charge on any atom is -0.266 e. The molecule has 1 atom stereocenters. The molecule has 2 aromatic rings. The molecule has 0 saturated carbocycles. The second-order valence-electron chi connectivity index (χ2n) is 7.64. The maximum Gasteiger partial charge on any atom is 0.296 e. The van der Waals surface area contributed by atoms with Crippen LogP contribution in [0.2, 0.25) is 0 Å². The molecule has 0 bridgehead atoms. The second-order valence-corrected chi connectivity index (χ2v) is 9.25. The van der Waals surface area contributed by atoms with Gasteiger partial charge >= 0.3 is 0 Å². The van der Waals surface area contributed by atoms with E-state index in [9.17, 15) is 8.42 Å². The molecule has 2 aliphatic rings. The van der Waals surface area contributed by atoms with Crippen molar-refractivity contribution in [3.63, 3.8) is 0 Å². The zero-order valence-corrected chi connectivity index (χ0v) is 17.0. The fourth-order valence-corrected chi connectivity index (χ4v) is 5.24. The zero-order chi connectivity index (χ0) is 19.6. The van der Waals surface area contributed by atoms with Gasteiger partial charge in [-0.05, 0) is 62.3 Å². The summed E-state index contributed by atoms with van der Waals surface area (Å²) in [6.45, 7) is 2.13. The van der Waals surface area contributed by atoms with Crippen molar-refractivity contribution in [3.8, 4) is 0 Å². The van der Waals surface area contributed by atoms with Crippen LogP contribution in [0, 0.1) is 6.92 Å². The van der Waals surface area contributed by atoms with Gasteiger partial charge in [0.15, 0.2) is 0 Å². The van der Waals surface area contributed by atoms with Crippen molar-refractivity contribution in [1.29, 1.82) is 0 Å². The monoisotopic (exact) mass is 394 g/mol. The molecule has 0 heterocycles. The summed E-state index contributed by atoms with van der Waals surface area (Å²) >= 11 is 0. The number of allylic oxidation sites excluding steroid dienone is 4. The Morgan fingerprint density at radius 1 is 0.964 bits per heavy atom. The molecule has 0 aromatic heterocycles. The van der Waals surface area contributed by atoms with Crippen LogP contribution >= 0.6 is 0 Å². The zero-order valence-electron chi connectivity index (χ0n) is 16.2. The first kappa shape index (κ1) is 19.2. The number of benzene rings is 2. The number of rotatable bonds is 5. The van der Waals surface area contributed by atoms with Gasteiger partial charge in [-0.2, -0.15) is 8.42 Å². The lowest BCUT2D eigenvalue weighted by atomic mass is 9.82. The standard InChI is InChI=1S/C24H26O3S/c1-18-10-14-21(15-11-18)28(25,26)27-17-16-24-22-8-4-2-6-19(22)12-13-20-7-3-5-9-23(20)24/h2-6,8,10-11,14-15,24H,7,9,12-13,16-17H2,1H3. The Morgan fingerprint density at radius 2 is 1.71 bits per heavy atom. The Hall–Kier alpha value is -2.17. The van der Waals surface area contributed by atoms with E-state index in [2.05, 4.69) is 36.4 Å². The van der Waals surface area contributed by atoms with E-state index in [1.165, 1.54) is 22.3 Å². The highest BCUT2D eigenvalue weighted by molar-refractivity contribution is 7.86. The van der Waals surface area contributed by atoms with E-state index in [4.69, 9.17) is 4.18 Å². The first-order valence-electron chi connectivity index (χ1n) is 9.94. The number of hydrogen-bond donors (Lipinski definition) is 0. The molecule has 4 rings (SSSR count). The normalized spacial score (nSPS) is 19.1. The van der Waals surface area contributed by atoms with Gasteiger partial charge in [0, 0.05) is 5.92 Å². The summed E-state index contributed by atoms with van der Waals surface area (Å²) in [6, 6.07) is 15.4. The van der Waals surface area contributed by atoms with Crippen LogP contribution in [0.15, 0.2) is 76.7 Å². The van der Waals surface area contributed by atoms with Gasteiger partial charge in [0.1, 0.15) is 0 Å². The molecule has 0 spiro atoms. The van der Waals surface area contributed by atoms with Crippen molar-refractivity contribution in [1.82, 2.24) is 0 Å². The van der Waals surface area contributed by atoms with Crippen molar-refractivity contribution < 1.29 is 12.6 Å². The molecule has 1 unspecified atom stereocenters. The topological polar surface area (TPSA) is 43.4 Å². The smallest absolute Gasteiger partial charge is 0.266 e. The molecule has 0 fully saturated rings. The van der Waals surface area contributed by atoms with Crippen molar-refractivity contribution in [2.45, 2.75) is 49.8 Å². The summed E-state index contributed by atoms with van der Waals surface area (Å²) in [4.78, 5) is 0.222. The van der Waals surface area contributed by atoms with Crippen LogP contribution < -0.4 is 0 Å². The highest BCUT2D eigenvalue weighted by Crippen LogP contribution is 2.41. The molecule has 4 heteroatoms. The van der Waals surface area contributed by atoms with Crippen LogP contribution in [-0.2, 0) is 20.7 Å². The summed E-state index contributed by atoms with van der Waals surface area (Å²) in [5, 5.41) is 0. The predicted molar refractivity (Wildman–Crippen MR) is 112 cm³/mol. The van der Waals surface area contributed by atoms with E-state index in [0.29, 0.717) is 6.42 Å². The van der Waals surface area contributed by atoms with E-state index in [-0.39, 0.29) is 17.4 Å². The van der Waals surface area contributed by atoms with E-state index >= 15 is 0 Å². The molecule has 28 heavy (non-hydrogen) atoms. The molecule has 0 radical (unpaired) electrons. The Bertz CT molecular complexity index is 1010. The fraction of sp³-hybridized carbons (Fsp3) is 0.333. The van der Waals surface area contributed by atoms with Crippen LogP contribution in [0.1, 0.15) is 48.3 Å². The van der Waals surface area contributed by atoms with Crippen molar-refractivity contribution in [2.24, 2.45) is 0 Å². The van der Waals surface area contributed by atoms with E-state index in [1.807, 2.05) is 6.92 Å². The van der Waals surface area contributed by atoms with Gasteiger partial charge < -0.3 is 0 Å². The molecule has 146 valence electrons. The number of hydrogen-bond acceptors (Lipinski definition) is 3. The third-order valence-corrected chi connectivity index (χ3v) is 7.15. The van der Waals surface area contributed by atoms with Gasteiger partial charge in [-0.3, -0.25) is 4.18 Å². The number of aryl methyl sites for hydroxylation is 2. The van der Waals surface area contributed by atoms with Gasteiger partial charge in [-0.15, -0.1) is 0 Å². The van der Waals surface area contributed by atoms with Crippen LogP contribution in [-0.4, -0.2) is 15.0 Å². The average Bonchev–Trinajstić information content (AvgIpc) is 2.86. The Kier molecular flexibility index (Phi) is 5.51. The summed E-state index contributed by atoms with van der Waals surface area (Å²) in [7, 11) is -3.72. The van der Waals surface area contributed by atoms with E-state index in [1.54, 1.807) is 24.3 Å². The van der Waals surface area contributed by atoms with Crippen molar-refractivity contribution >= 4 is 10.1 Å². The highest BCUT2D eigenvalue weighted by atomic mass is 32.2. The first-order chi connectivity index (χ1) is 13.5. The van der Waals surface area contributed by atoms with Gasteiger partial charge in [-0.1, -0.05) is 65.3 Å². The largest absolute Gasteiger partial charge is 0.296 e. The molecular weight excluding hydrogens is 368 g/mol. The molecule has 0 amide bonds. The molecule has 2 aliphatic carbocycles. The maximum absolute atomic E-state index is 12.5. The number of fused-ring (bicyclic) bond motifs is 1. The van der Waals surface area contributed by atoms with Crippen LogP contribution in [0.5, 0.6) is 0 Å². The molecule has 0 aliphatic heterocycles. The molecule has 2 aromatic carbocycles. The summed E-state index contributed by atoms with van der Waals surface area (Å²) in [6.07, 6.45) is 9.29. The summed E-state index contributed by atoms with van der Waals surface area (Å²) < 4.78 is 30.5. The lowest BCUT2D eigenvalue weighted by molar-refractivity contribution is 0.304. The van der Waals surface area contributed by atoms with Crippen molar-refractivity contribution in [2.75, 3.05) is 6.61 Å². The minimum atomic E-state index is -3.72. The third kappa shape index (κ3) is 3.98. The van der Waals surface area contributed by atoms with Crippen LogP contribution in [0.25, 0.3) is 0 Å². The van der Waals surface area contributed by atoms with Gasteiger partial charge in [0.25, 0.3) is 10.1 Å². The second kappa shape index (κ2) is 8.06. The van der Waals surface area contributed by atoms with Gasteiger partial charge in [0.2, 0.25) is 0 Å². The molecule has 0 N–H and O–H groups in total. The lowest BCUT2D eigenvalue weighted by Gasteiger charge is -2.24. The maximum atomic E-state index is 12.5. The Balaban J connectivity index is 1.54. The third-order valence-electron chi connectivity index (χ3n) is 5.82. The summed E-state index contributed by atoms with van der Waals surface area (Å²) in [5.41, 5.74) is 6.72. The van der Waals surface area contributed by atoms with Gasteiger partial charge in [0.05, 0.1) is 11.5 Å². The molecule has 0 saturated heterocycles.